The van der Waals surface area contributed by atoms with Gasteiger partial charge in [0.1, 0.15) is 0 Å². The summed E-state index contributed by atoms with van der Waals surface area (Å²) in [4.78, 5) is 0. The third-order valence-electron chi connectivity index (χ3n) is 2.14. The van der Waals surface area contributed by atoms with Gasteiger partial charge in [-0.3, -0.25) is 4.68 Å². The molecule has 1 aromatic heterocycles. The number of hydrogen-bond donors (Lipinski definition) is 0. The molecule has 1 atom stereocenters. The molecule has 0 bridgehead atoms. The van der Waals surface area contributed by atoms with Gasteiger partial charge in [-0.25, -0.2) is 0 Å². The Labute approximate surface area is 102 Å². The summed E-state index contributed by atoms with van der Waals surface area (Å²) in [6, 6.07) is 0.429. The van der Waals surface area contributed by atoms with E-state index in [2.05, 4.69) is 62.4 Å². The summed E-state index contributed by atoms with van der Waals surface area (Å²) >= 11 is 7.05. The zero-order chi connectivity index (χ0) is 10.7. The molecule has 1 unspecified atom stereocenters. The average Bonchev–Trinajstić information content (AvgIpc) is 2.48. The van der Waals surface area contributed by atoms with E-state index in [0.717, 1.165) is 16.2 Å². The Morgan fingerprint density at radius 3 is 2.57 bits per heavy atom. The molecule has 0 fully saturated rings. The molecule has 80 valence electrons. The normalized spacial score (nSPS) is 13.6. The van der Waals surface area contributed by atoms with Crippen molar-refractivity contribution in [1.29, 1.82) is 0 Å². The smallest absolute Gasteiger partial charge is 0.0635 e. The van der Waals surface area contributed by atoms with E-state index >= 15 is 0 Å². The zero-order valence-corrected chi connectivity index (χ0v) is 12.0. The molecule has 0 saturated heterocycles. The minimum Gasteiger partial charge on any atom is -0.266 e. The van der Waals surface area contributed by atoms with Crippen molar-refractivity contribution in [3.05, 3.63) is 16.4 Å². The molecule has 2 nitrogen and oxygen atoms in total. The maximum absolute atomic E-state index is 4.36. The summed E-state index contributed by atoms with van der Waals surface area (Å²) in [7, 11) is 0. The standard InChI is InChI=1S/C10H16Br2N2/c1-7(2)14-10(4-8(3)5-11)9(12)6-13-14/h6-8H,4-5H2,1-3H3. The highest BCUT2D eigenvalue weighted by atomic mass is 79.9. The largest absolute Gasteiger partial charge is 0.266 e. The van der Waals surface area contributed by atoms with Gasteiger partial charge in [0.2, 0.25) is 0 Å². The first kappa shape index (κ1) is 12.2. The molecule has 0 aromatic carbocycles. The van der Waals surface area contributed by atoms with Crippen molar-refractivity contribution in [3.63, 3.8) is 0 Å². The predicted molar refractivity (Wildman–Crippen MR) is 67.0 cm³/mol. The third kappa shape index (κ3) is 2.83. The van der Waals surface area contributed by atoms with Crippen LogP contribution in [0.3, 0.4) is 0 Å². The van der Waals surface area contributed by atoms with Crippen LogP contribution in [-0.4, -0.2) is 15.1 Å². The highest BCUT2D eigenvalue weighted by Crippen LogP contribution is 2.22. The Kier molecular flexibility index (Phi) is 4.64. The Balaban J connectivity index is 2.88. The quantitative estimate of drug-likeness (QED) is 0.771. The van der Waals surface area contributed by atoms with E-state index in [1.807, 2.05) is 6.20 Å². The lowest BCUT2D eigenvalue weighted by Gasteiger charge is -2.14. The van der Waals surface area contributed by atoms with Gasteiger partial charge < -0.3 is 0 Å². The molecule has 0 aliphatic carbocycles. The van der Waals surface area contributed by atoms with Crippen LogP contribution in [0.2, 0.25) is 0 Å². The van der Waals surface area contributed by atoms with Crippen LogP contribution in [0.4, 0.5) is 0 Å². The van der Waals surface area contributed by atoms with E-state index in [1.54, 1.807) is 0 Å². The lowest BCUT2D eigenvalue weighted by molar-refractivity contribution is 0.490. The molecular weight excluding hydrogens is 308 g/mol. The molecule has 0 spiro atoms. The maximum atomic E-state index is 4.36. The van der Waals surface area contributed by atoms with E-state index in [4.69, 9.17) is 0 Å². The Hall–Kier alpha value is 0.170. The van der Waals surface area contributed by atoms with Crippen LogP contribution in [0.25, 0.3) is 0 Å². The van der Waals surface area contributed by atoms with Crippen LogP contribution in [0.5, 0.6) is 0 Å². The van der Waals surface area contributed by atoms with Crippen molar-refractivity contribution in [2.45, 2.75) is 33.2 Å². The number of rotatable bonds is 4. The van der Waals surface area contributed by atoms with Crippen LogP contribution in [-0.2, 0) is 6.42 Å². The van der Waals surface area contributed by atoms with E-state index in [-0.39, 0.29) is 0 Å². The van der Waals surface area contributed by atoms with Gasteiger partial charge in [-0.15, -0.1) is 0 Å². The van der Waals surface area contributed by atoms with Gasteiger partial charge in [0.15, 0.2) is 0 Å². The second-order valence-electron chi connectivity index (χ2n) is 3.94. The first-order valence-electron chi connectivity index (χ1n) is 4.84. The molecule has 0 radical (unpaired) electrons. The summed E-state index contributed by atoms with van der Waals surface area (Å²) < 4.78 is 3.21. The van der Waals surface area contributed by atoms with Crippen molar-refractivity contribution in [2.24, 2.45) is 5.92 Å². The fourth-order valence-corrected chi connectivity index (χ4v) is 2.05. The van der Waals surface area contributed by atoms with Crippen LogP contribution < -0.4 is 0 Å². The molecule has 14 heavy (non-hydrogen) atoms. The molecule has 0 N–H and O–H groups in total. The van der Waals surface area contributed by atoms with Crippen molar-refractivity contribution >= 4 is 31.9 Å². The maximum Gasteiger partial charge on any atom is 0.0635 e. The first-order chi connectivity index (χ1) is 6.56. The molecule has 0 amide bonds. The molecule has 0 aliphatic heterocycles. The highest BCUT2D eigenvalue weighted by Gasteiger charge is 2.13. The second-order valence-corrected chi connectivity index (χ2v) is 5.44. The topological polar surface area (TPSA) is 17.8 Å². The summed E-state index contributed by atoms with van der Waals surface area (Å²) in [5, 5.41) is 5.39. The van der Waals surface area contributed by atoms with Gasteiger partial charge in [0.05, 0.1) is 16.4 Å². The van der Waals surface area contributed by atoms with Crippen LogP contribution >= 0.6 is 31.9 Å². The van der Waals surface area contributed by atoms with Crippen LogP contribution in [0.1, 0.15) is 32.5 Å². The molecule has 1 aromatic rings. The number of hydrogen-bond acceptors (Lipinski definition) is 1. The summed E-state index contributed by atoms with van der Waals surface area (Å²) in [5.74, 6) is 0.639. The monoisotopic (exact) mass is 322 g/mol. The van der Waals surface area contributed by atoms with E-state index < -0.39 is 0 Å². The second kappa shape index (κ2) is 5.31. The first-order valence-corrected chi connectivity index (χ1v) is 6.75. The van der Waals surface area contributed by atoms with Gasteiger partial charge in [-0.2, -0.15) is 5.10 Å². The van der Waals surface area contributed by atoms with Gasteiger partial charge in [-0.1, -0.05) is 22.9 Å². The Morgan fingerprint density at radius 1 is 1.43 bits per heavy atom. The van der Waals surface area contributed by atoms with Crippen molar-refractivity contribution in [1.82, 2.24) is 9.78 Å². The SMILES string of the molecule is CC(CBr)Cc1c(Br)cnn1C(C)C. The van der Waals surface area contributed by atoms with E-state index in [9.17, 15) is 0 Å². The lowest BCUT2D eigenvalue weighted by atomic mass is 10.1. The number of alkyl halides is 1. The van der Waals surface area contributed by atoms with E-state index in [0.29, 0.717) is 12.0 Å². The van der Waals surface area contributed by atoms with Gasteiger partial charge in [0, 0.05) is 11.4 Å². The fourth-order valence-electron chi connectivity index (χ4n) is 1.39. The molecule has 0 saturated carbocycles. The third-order valence-corrected chi connectivity index (χ3v) is 3.91. The van der Waals surface area contributed by atoms with Crippen molar-refractivity contribution in [3.8, 4) is 0 Å². The van der Waals surface area contributed by atoms with Crippen LogP contribution in [0, 0.1) is 5.92 Å². The molecule has 0 aliphatic rings. The van der Waals surface area contributed by atoms with Gasteiger partial charge in [-0.05, 0) is 42.1 Å². The molecular formula is C10H16Br2N2. The Bertz CT molecular complexity index is 294. The van der Waals surface area contributed by atoms with Crippen LogP contribution in [0.15, 0.2) is 10.7 Å². The van der Waals surface area contributed by atoms with E-state index in [1.165, 1.54) is 5.69 Å². The highest BCUT2D eigenvalue weighted by molar-refractivity contribution is 9.10. The minimum absolute atomic E-state index is 0.429. The van der Waals surface area contributed by atoms with Gasteiger partial charge >= 0.3 is 0 Å². The summed E-state index contributed by atoms with van der Waals surface area (Å²) in [5.41, 5.74) is 1.30. The number of halogens is 2. The molecule has 4 heteroatoms. The Morgan fingerprint density at radius 2 is 2.07 bits per heavy atom. The predicted octanol–water partition coefficient (Wildman–Crippen LogP) is 3.80. The molecule has 1 rings (SSSR count). The minimum atomic E-state index is 0.429. The summed E-state index contributed by atoms with van der Waals surface area (Å²) in [6.45, 7) is 6.54. The van der Waals surface area contributed by atoms with Crippen molar-refractivity contribution in [2.75, 3.05) is 5.33 Å². The lowest BCUT2D eigenvalue weighted by Crippen LogP contribution is -2.11. The number of aromatic nitrogens is 2. The van der Waals surface area contributed by atoms with Crippen molar-refractivity contribution < 1.29 is 0 Å². The molecule has 1 heterocycles. The summed E-state index contributed by atoms with van der Waals surface area (Å²) in [6.07, 6.45) is 2.94. The zero-order valence-electron chi connectivity index (χ0n) is 8.80. The van der Waals surface area contributed by atoms with Gasteiger partial charge in [0.25, 0.3) is 0 Å². The number of nitrogens with zero attached hydrogens (tertiary/aromatic N) is 2. The average molecular weight is 324 g/mol. The fraction of sp³-hybridized carbons (Fsp3) is 0.700.